The van der Waals surface area contributed by atoms with Gasteiger partial charge in [0, 0.05) is 22.8 Å². The zero-order chi connectivity index (χ0) is 13.9. The topological polar surface area (TPSA) is 41.5 Å². The van der Waals surface area contributed by atoms with Crippen molar-refractivity contribution >= 4 is 27.7 Å². The summed E-state index contributed by atoms with van der Waals surface area (Å²) in [5.41, 5.74) is 0.632. The van der Waals surface area contributed by atoms with Crippen LogP contribution in [0.1, 0.15) is 24.9 Å². The van der Waals surface area contributed by atoms with Gasteiger partial charge in [-0.15, -0.1) is 0 Å². The van der Waals surface area contributed by atoms with Crippen molar-refractivity contribution in [3.63, 3.8) is 0 Å². The average Bonchev–Trinajstić information content (AvgIpc) is 2.83. The molecule has 0 aliphatic carbocycles. The maximum Gasteiger partial charge on any atom is 0.120 e. The fraction of sp³-hybridized carbons (Fsp3) is 0.571. The molecule has 1 saturated heterocycles. The molecule has 2 atom stereocenters. The first-order valence-electron chi connectivity index (χ1n) is 6.41. The first kappa shape index (κ1) is 15.2. The standard InChI is InChI=1S/C14H20BrNO2S/c1-10(16-8-14(17)5-6-19-9-14)12-4-3-11(18-2)7-13(12)15/h3-4,7,10,16-17H,5-6,8-9H2,1-2H3/t10-,14-/m0/s1. The summed E-state index contributed by atoms with van der Waals surface area (Å²) in [7, 11) is 1.66. The fourth-order valence-electron chi connectivity index (χ4n) is 2.17. The van der Waals surface area contributed by atoms with Crippen molar-refractivity contribution in [3.05, 3.63) is 28.2 Å². The van der Waals surface area contributed by atoms with Crippen LogP contribution in [0.4, 0.5) is 0 Å². The lowest BCUT2D eigenvalue weighted by Gasteiger charge is -2.25. The highest BCUT2D eigenvalue weighted by Gasteiger charge is 2.31. The summed E-state index contributed by atoms with van der Waals surface area (Å²) in [5, 5.41) is 13.7. The van der Waals surface area contributed by atoms with Crippen LogP contribution in [0.3, 0.4) is 0 Å². The Morgan fingerprint density at radius 1 is 1.58 bits per heavy atom. The minimum atomic E-state index is -0.544. The number of halogens is 1. The molecule has 0 spiro atoms. The highest BCUT2D eigenvalue weighted by molar-refractivity contribution is 9.10. The summed E-state index contributed by atoms with van der Waals surface area (Å²) in [6.07, 6.45) is 0.876. The van der Waals surface area contributed by atoms with E-state index in [1.807, 2.05) is 30.0 Å². The van der Waals surface area contributed by atoms with Gasteiger partial charge in [0.05, 0.1) is 12.7 Å². The Morgan fingerprint density at radius 3 is 2.95 bits per heavy atom. The molecule has 0 radical (unpaired) electrons. The molecule has 0 unspecified atom stereocenters. The molecule has 3 nitrogen and oxygen atoms in total. The van der Waals surface area contributed by atoms with E-state index in [1.165, 1.54) is 5.56 Å². The third-order valence-corrected chi connectivity index (χ3v) is 5.41. The van der Waals surface area contributed by atoms with Gasteiger partial charge in [-0.25, -0.2) is 0 Å². The molecule has 1 aromatic rings. The SMILES string of the molecule is COc1ccc([C@H](C)NC[C@@]2(O)CCSC2)c(Br)c1. The molecular formula is C14H20BrNO2S. The van der Waals surface area contributed by atoms with Crippen LogP contribution in [0.2, 0.25) is 0 Å². The van der Waals surface area contributed by atoms with E-state index < -0.39 is 5.60 Å². The first-order chi connectivity index (χ1) is 9.04. The van der Waals surface area contributed by atoms with Crippen LogP contribution in [0.15, 0.2) is 22.7 Å². The van der Waals surface area contributed by atoms with Gasteiger partial charge in [-0.05, 0) is 36.8 Å². The third-order valence-electron chi connectivity index (χ3n) is 3.49. The van der Waals surface area contributed by atoms with Crippen LogP contribution in [0.5, 0.6) is 5.75 Å². The average molecular weight is 346 g/mol. The molecule has 2 N–H and O–H groups in total. The molecule has 19 heavy (non-hydrogen) atoms. The van der Waals surface area contributed by atoms with Crippen LogP contribution in [0.25, 0.3) is 0 Å². The maximum absolute atomic E-state index is 10.3. The normalized spacial score (nSPS) is 24.4. The van der Waals surface area contributed by atoms with Crippen LogP contribution in [0, 0.1) is 0 Å². The fourth-order valence-corrected chi connectivity index (χ4v) is 4.17. The van der Waals surface area contributed by atoms with Crippen LogP contribution < -0.4 is 10.1 Å². The molecular weight excluding hydrogens is 326 g/mol. The van der Waals surface area contributed by atoms with Gasteiger partial charge in [-0.2, -0.15) is 11.8 Å². The molecule has 1 fully saturated rings. The molecule has 5 heteroatoms. The van der Waals surface area contributed by atoms with E-state index in [2.05, 4.69) is 28.2 Å². The van der Waals surface area contributed by atoms with Gasteiger partial charge < -0.3 is 15.2 Å². The highest BCUT2D eigenvalue weighted by Crippen LogP contribution is 2.30. The van der Waals surface area contributed by atoms with Crippen molar-refractivity contribution in [1.82, 2.24) is 5.32 Å². The predicted octanol–water partition coefficient (Wildman–Crippen LogP) is 2.98. The molecule has 0 bridgehead atoms. The number of hydrogen-bond donors (Lipinski definition) is 2. The maximum atomic E-state index is 10.3. The molecule has 2 rings (SSSR count). The number of aliphatic hydroxyl groups is 1. The van der Waals surface area contributed by atoms with E-state index in [0.29, 0.717) is 6.54 Å². The number of benzene rings is 1. The summed E-state index contributed by atoms with van der Waals surface area (Å²) in [6.45, 7) is 2.75. The Balaban J connectivity index is 1.97. The van der Waals surface area contributed by atoms with Crippen molar-refractivity contribution in [2.75, 3.05) is 25.2 Å². The first-order valence-corrected chi connectivity index (χ1v) is 8.36. The van der Waals surface area contributed by atoms with E-state index >= 15 is 0 Å². The largest absolute Gasteiger partial charge is 0.497 e. The molecule has 1 aliphatic heterocycles. The lowest BCUT2D eigenvalue weighted by Crippen LogP contribution is -2.41. The number of thioether (sulfide) groups is 1. The van der Waals surface area contributed by atoms with Gasteiger partial charge in [0.2, 0.25) is 0 Å². The summed E-state index contributed by atoms with van der Waals surface area (Å²) < 4.78 is 6.22. The van der Waals surface area contributed by atoms with E-state index in [9.17, 15) is 5.11 Å². The summed E-state index contributed by atoms with van der Waals surface area (Å²) in [4.78, 5) is 0. The molecule has 1 aromatic carbocycles. The Hall–Kier alpha value is -0.230. The van der Waals surface area contributed by atoms with Gasteiger partial charge in [0.25, 0.3) is 0 Å². The Bertz CT molecular complexity index is 435. The molecule has 0 saturated carbocycles. The van der Waals surface area contributed by atoms with Crippen molar-refractivity contribution in [2.24, 2.45) is 0 Å². The second-order valence-electron chi connectivity index (χ2n) is 5.02. The number of nitrogens with one attached hydrogen (secondary N) is 1. The zero-order valence-electron chi connectivity index (χ0n) is 11.3. The van der Waals surface area contributed by atoms with E-state index in [4.69, 9.17) is 4.74 Å². The number of ether oxygens (including phenoxy) is 1. The molecule has 1 heterocycles. The van der Waals surface area contributed by atoms with Crippen molar-refractivity contribution in [2.45, 2.75) is 25.0 Å². The van der Waals surface area contributed by atoms with E-state index in [1.54, 1.807) is 7.11 Å². The Kier molecular flexibility index (Phi) is 5.17. The van der Waals surface area contributed by atoms with E-state index in [-0.39, 0.29) is 6.04 Å². The number of hydrogen-bond acceptors (Lipinski definition) is 4. The summed E-state index contributed by atoms with van der Waals surface area (Å²) in [6, 6.07) is 6.16. The summed E-state index contributed by atoms with van der Waals surface area (Å²) >= 11 is 5.39. The summed E-state index contributed by atoms with van der Waals surface area (Å²) in [5.74, 6) is 2.73. The number of rotatable bonds is 5. The Labute approximate surface area is 127 Å². The lowest BCUT2D eigenvalue weighted by molar-refractivity contribution is 0.0651. The van der Waals surface area contributed by atoms with Crippen LogP contribution in [-0.4, -0.2) is 35.9 Å². The second-order valence-corrected chi connectivity index (χ2v) is 6.98. The third kappa shape index (κ3) is 3.88. The molecule has 106 valence electrons. The molecule has 0 aromatic heterocycles. The lowest BCUT2D eigenvalue weighted by atomic mass is 10.0. The molecule has 1 aliphatic rings. The van der Waals surface area contributed by atoms with Crippen LogP contribution >= 0.6 is 27.7 Å². The minimum absolute atomic E-state index is 0.190. The highest BCUT2D eigenvalue weighted by atomic mass is 79.9. The minimum Gasteiger partial charge on any atom is -0.497 e. The van der Waals surface area contributed by atoms with Gasteiger partial charge in [0.1, 0.15) is 5.75 Å². The predicted molar refractivity (Wildman–Crippen MR) is 84.0 cm³/mol. The van der Waals surface area contributed by atoms with Gasteiger partial charge >= 0.3 is 0 Å². The van der Waals surface area contributed by atoms with Gasteiger partial charge in [0.15, 0.2) is 0 Å². The van der Waals surface area contributed by atoms with Crippen LogP contribution in [-0.2, 0) is 0 Å². The van der Waals surface area contributed by atoms with Crippen molar-refractivity contribution in [1.29, 1.82) is 0 Å². The Morgan fingerprint density at radius 2 is 2.37 bits per heavy atom. The quantitative estimate of drug-likeness (QED) is 0.860. The van der Waals surface area contributed by atoms with E-state index in [0.717, 1.165) is 28.1 Å². The molecule has 0 amide bonds. The monoisotopic (exact) mass is 345 g/mol. The van der Waals surface area contributed by atoms with Crippen molar-refractivity contribution in [3.8, 4) is 5.75 Å². The second kappa shape index (κ2) is 6.48. The zero-order valence-corrected chi connectivity index (χ0v) is 13.7. The van der Waals surface area contributed by atoms with Crippen molar-refractivity contribution < 1.29 is 9.84 Å². The smallest absolute Gasteiger partial charge is 0.120 e. The van der Waals surface area contributed by atoms with Gasteiger partial charge in [-0.1, -0.05) is 22.0 Å². The number of methoxy groups -OCH3 is 1. The van der Waals surface area contributed by atoms with Gasteiger partial charge in [-0.3, -0.25) is 0 Å².